The maximum absolute atomic E-state index is 7.64. The SMILES string of the molecule is CC1(C)OB(/C2=C/CCCC(=N)N=C2)OC1(C)C. The van der Waals surface area contributed by atoms with Gasteiger partial charge in [-0.05, 0) is 46.0 Å². The summed E-state index contributed by atoms with van der Waals surface area (Å²) in [5.41, 5.74) is 0.267. The molecule has 98 valence electrons. The Morgan fingerprint density at radius 3 is 2.44 bits per heavy atom. The van der Waals surface area contributed by atoms with E-state index in [1.54, 1.807) is 6.21 Å². The van der Waals surface area contributed by atoms with Crippen LogP contribution in [0, 0.1) is 5.41 Å². The second kappa shape index (κ2) is 4.63. The summed E-state index contributed by atoms with van der Waals surface area (Å²) in [5, 5.41) is 7.64. The monoisotopic (exact) mass is 248 g/mol. The van der Waals surface area contributed by atoms with Gasteiger partial charge in [-0.1, -0.05) is 6.08 Å². The molecule has 2 aliphatic heterocycles. The van der Waals surface area contributed by atoms with Crippen LogP contribution in [0.3, 0.4) is 0 Å². The Kier molecular flexibility index (Phi) is 3.47. The predicted octanol–water partition coefficient (Wildman–Crippen LogP) is 2.78. The summed E-state index contributed by atoms with van der Waals surface area (Å²) in [4.78, 5) is 4.14. The highest BCUT2D eigenvalue weighted by atomic mass is 16.7. The Balaban J connectivity index is 2.18. The Labute approximate surface area is 109 Å². The van der Waals surface area contributed by atoms with Gasteiger partial charge < -0.3 is 9.31 Å². The van der Waals surface area contributed by atoms with Crippen LogP contribution in [0.25, 0.3) is 0 Å². The number of hydrogen-bond donors (Lipinski definition) is 1. The van der Waals surface area contributed by atoms with Crippen LogP contribution in [-0.2, 0) is 9.31 Å². The van der Waals surface area contributed by atoms with Gasteiger partial charge in [-0.15, -0.1) is 0 Å². The van der Waals surface area contributed by atoms with Crippen molar-refractivity contribution in [1.29, 1.82) is 5.41 Å². The third kappa shape index (κ3) is 2.57. The van der Waals surface area contributed by atoms with Gasteiger partial charge in [-0.25, -0.2) is 4.99 Å². The highest BCUT2D eigenvalue weighted by molar-refractivity contribution is 6.60. The van der Waals surface area contributed by atoms with Crippen molar-refractivity contribution in [3.63, 3.8) is 0 Å². The van der Waals surface area contributed by atoms with Crippen molar-refractivity contribution in [1.82, 2.24) is 0 Å². The molecule has 0 amide bonds. The minimum atomic E-state index is -0.371. The Bertz CT molecular complexity index is 397. The molecule has 2 aliphatic rings. The lowest BCUT2D eigenvalue weighted by molar-refractivity contribution is 0.00578. The van der Waals surface area contributed by atoms with Crippen molar-refractivity contribution in [2.45, 2.75) is 58.2 Å². The lowest BCUT2D eigenvalue weighted by Crippen LogP contribution is -2.41. The molecule has 1 N–H and O–H groups in total. The summed E-state index contributed by atoms with van der Waals surface area (Å²) in [7, 11) is -0.371. The van der Waals surface area contributed by atoms with Crippen LogP contribution in [0.4, 0.5) is 0 Å². The fraction of sp³-hybridized carbons (Fsp3) is 0.692. The van der Waals surface area contributed by atoms with Crippen LogP contribution in [0.15, 0.2) is 16.5 Å². The average molecular weight is 248 g/mol. The molecular weight excluding hydrogens is 227 g/mol. The van der Waals surface area contributed by atoms with Crippen molar-refractivity contribution < 1.29 is 9.31 Å². The smallest absolute Gasteiger partial charge is 0.399 e. The molecule has 0 atom stereocenters. The van der Waals surface area contributed by atoms with Gasteiger partial charge in [0.1, 0.15) is 5.84 Å². The van der Waals surface area contributed by atoms with E-state index in [-0.39, 0.29) is 18.3 Å². The van der Waals surface area contributed by atoms with Crippen molar-refractivity contribution >= 4 is 19.2 Å². The number of nitrogens with one attached hydrogen (secondary N) is 1. The van der Waals surface area contributed by atoms with Crippen LogP contribution in [0.5, 0.6) is 0 Å². The van der Waals surface area contributed by atoms with E-state index in [1.807, 2.05) is 27.7 Å². The van der Waals surface area contributed by atoms with Crippen molar-refractivity contribution in [2.75, 3.05) is 0 Å². The van der Waals surface area contributed by atoms with Gasteiger partial charge in [0, 0.05) is 12.6 Å². The molecule has 1 saturated heterocycles. The van der Waals surface area contributed by atoms with Gasteiger partial charge in [-0.2, -0.15) is 0 Å². The summed E-state index contributed by atoms with van der Waals surface area (Å²) in [6, 6.07) is 0. The van der Waals surface area contributed by atoms with Crippen LogP contribution in [-0.4, -0.2) is 30.4 Å². The largest absolute Gasteiger partial charge is 0.496 e. The zero-order valence-electron chi connectivity index (χ0n) is 11.6. The number of allylic oxidation sites excluding steroid dienone is 2. The molecule has 5 heteroatoms. The molecule has 0 radical (unpaired) electrons. The first-order chi connectivity index (χ1) is 8.32. The second-order valence-electron chi connectivity index (χ2n) is 5.89. The van der Waals surface area contributed by atoms with E-state index in [9.17, 15) is 0 Å². The van der Waals surface area contributed by atoms with Gasteiger partial charge in [-0.3, -0.25) is 5.41 Å². The molecule has 0 aliphatic carbocycles. The highest BCUT2D eigenvalue weighted by Crippen LogP contribution is 2.38. The molecule has 18 heavy (non-hydrogen) atoms. The molecule has 0 spiro atoms. The van der Waals surface area contributed by atoms with Crippen molar-refractivity contribution in [3.05, 3.63) is 11.5 Å². The van der Waals surface area contributed by atoms with Crippen molar-refractivity contribution in [3.8, 4) is 0 Å². The Hall–Kier alpha value is -0.935. The van der Waals surface area contributed by atoms with Gasteiger partial charge in [0.2, 0.25) is 0 Å². The van der Waals surface area contributed by atoms with E-state index >= 15 is 0 Å². The lowest BCUT2D eigenvalue weighted by Gasteiger charge is -2.32. The second-order valence-corrected chi connectivity index (χ2v) is 5.89. The van der Waals surface area contributed by atoms with E-state index < -0.39 is 0 Å². The molecule has 2 heterocycles. The number of nitrogens with zero attached hydrogens (tertiary/aromatic N) is 1. The third-order valence-corrected chi connectivity index (χ3v) is 3.89. The molecule has 0 aromatic rings. The first kappa shape index (κ1) is 13.5. The maximum Gasteiger partial charge on any atom is 0.496 e. The summed E-state index contributed by atoms with van der Waals surface area (Å²) in [6.07, 6.45) is 6.46. The zero-order chi connectivity index (χ0) is 13.4. The average Bonchev–Trinajstić information content (AvgIpc) is 2.42. The molecule has 0 bridgehead atoms. The first-order valence-electron chi connectivity index (χ1n) is 6.49. The topological polar surface area (TPSA) is 54.7 Å². The molecule has 0 unspecified atom stereocenters. The fourth-order valence-electron chi connectivity index (χ4n) is 1.94. The molecule has 1 fully saturated rings. The molecule has 0 aromatic heterocycles. The van der Waals surface area contributed by atoms with Gasteiger partial charge in [0.15, 0.2) is 0 Å². The molecule has 4 nitrogen and oxygen atoms in total. The summed E-state index contributed by atoms with van der Waals surface area (Å²) >= 11 is 0. The van der Waals surface area contributed by atoms with Gasteiger partial charge >= 0.3 is 7.12 Å². The van der Waals surface area contributed by atoms with Crippen molar-refractivity contribution in [2.24, 2.45) is 4.99 Å². The number of aliphatic imine (C=N–C) groups is 1. The fourth-order valence-corrected chi connectivity index (χ4v) is 1.94. The zero-order valence-corrected chi connectivity index (χ0v) is 11.6. The number of amidine groups is 1. The third-order valence-electron chi connectivity index (χ3n) is 3.89. The van der Waals surface area contributed by atoms with Crippen LogP contribution in [0.1, 0.15) is 47.0 Å². The molecule has 0 aromatic carbocycles. The highest BCUT2D eigenvalue weighted by Gasteiger charge is 2.52. The van der Waals surface area contributed by atoms with E-state index in [0.29, 0.717) is 5.84 Å². The van der Waals surface area contributed by atoms with Crippen LogP contribution < -0.4 is 0 Å². The standard InChI is InChI=1S/C13H21BN2O2/c1-12(2)13(3,4)18-14(17-12)10-7-5-6-8-11(15)16-9-10/h7,9,15H,5-6,8H2,1-4H3/b10-7+,15-11?,16-9?. The molecule has 2 rings (SSSR count). The Morgan fingerprint density at radius 1 is 1.22 bits per heavy atom. The van der Waals surface area contributed by atoms with Gasteiger partial charge in [0.05, 0.1) is 11.2 Å². The van der Waals surface area contributed by atoms with E-state index in [0.717, 1.165) is 24.7 Å². The van der Waals surface area contributed by atoms with E-state index in [1.165, 1.54) is 0 Å². The molecule has 0 saturated carbocycles. The molecular formula is C13H21BN2O2. The van der Waals surface area contributed by atoms with Crippen LogP contribution >= 0.6 is 0 Å². The summed E-state index contributed by atoms with van der Waals surface area (Å²) in [5.74, 6) is 0.428. The summed E-state index contributed by atoms with van der Waals surface area (Å²) < 4.78 is 12.0. The normalized spacial score (nSPS) is 29.7. The van der Waals surface area contributed by atoms with Gasteiger partial charge in [0.25, 0.3) is 0 Å². The minimum absolute atomic E-state index is 0.331. The lowest BCUT2D eigenvalue weighted by atomic mass is 9.78. The minimum Gasteiger partial charge on any atom is -0.399 e. The number of rotatable bonds is 1. The quantitative estimate of drug-likeness (QED) is 0.725. The predicted molar refractivity (Wildman–Crippen MR) is 74.2 cm³/mol. The number of hydrogen-bond acceptors (Lipinski definition) is 3. The maximum atomic E-state index is 7.64. The van der Waals surface area contributed by atoms with E-state index in [4.69, 9.17) is 14.7 Å². The van der Waals surface area contributed by atoms with Crippen LogP contribution in [0.2, 0.25) is 0 Å². The Morgan fingerprint density at radius 2 is 1.83 bits per heavy atom. The first-order valence-corrected chi connectivity index (χ1v) is 6.49. The van der Waals surface area contributed by atoms with E-state index in [2.05, 4.69) is 11.1 Å². The summed E-state index contributed by atoms with van der Waals surface area (Å²) in [6.45, 7) is 8.15.